The van der Waals surface area contributed by atoms with E-state index in [2.05, 4.69) is 53.6 Å². The number of amides is 1. The number of H-pyrrole nitrogens is 1. The van der Waals surface area contributed by atoms with E-state index in [9.17, 15) is 4.79 Å². The number of ether oxygens (including phenoxy) is 1. The number of carbonyl (C=O) groups excluding carboxylic acids is 1. The predicted molar refractivity (Wildman–Crippen MR) is 143 cm³/mol. The van der Waals surface area contributed by atoms with Crippen LogP contribution in [0.2, 0.25) is 0 Å². The largest absolute Gasteiger partial charge is 0.488 e. The van der Waals surface area contributed by atoms with Gasteiger partial charge in [0.05, 0.1) is 12.1 Å². The van der Waals surface area contributed by atoms with E-state index in [1.54, 1.807) is 0 Å². The third-order valence-electron chi connectivity index (χ3n) is 6.14. The second-order valence-corrected chi connectivity index (χ2v) is 9.77. The Bertz CT molecular complexity index is 1290. The van der Waals surface area contributed by atoms with Crippen molar-refractivity contribution in [3.05, 3.63) is 77.9 Å². The summed E-state index contributed by atoms with van der Waals surface area (Å²) in [6.45, 7) is 10.6. The van der Waals surface area contributed by atoms with Gasteiger partial charge >= 0.3 is 0 Å². The quantitative estimate of drug-likeness (QED) is 0.301. The van der Waals surface area contributed by atoms with E-state index >= 15 is 0 Å². The Balaban J connectivity index is 1.70. The van der Waals surface area contributed by atoms with Crippen molar-refractivity contribution in [1.29, 1.82) is 0 Å². The monoisotopic (exact) mass is 483 g/mol. The van der Waals surface area contributed by atoms with Crippen LogP contribution in [0, 0.1) is 18.8 Å². The summed E-state index contributed by atoms with van der Waals surface area (Å²) in [6.07, 6.45) is 0.288. The number of anilines is 1. The van der Waals surface area contributed by atoms with Crippen LogP contribution in [0.25, 0.3) is 22.5 Å². The fourth-order valence-corrected chi connectivity index (χ4v) is 4.38. The normalized spacial score (nSPS) is 11.3. The third kappa shape index (κ3) is 5.97. The van der Waals surface area contributed by atoms with Crippen LogP contribution in [0.1, 0.15) is 38.8 Å². The number of aryl methyl sites for hydroxylation is 1. The highest BCUT2D eigenvalue weighted by atomic mass is 16.5. The molecule has 0 saturated heterocycles. The van der Waals surface area contributed by atoms with E-state index in [-0.39, 0.29) is 18.4 Å². The highest BCUT2D eigenvalue weighted by Crippen LogP contribution is 2.36. The number of nitrogens with zero attached hydrogens (tertiary/aromatic N) is 3. The molecule has 3 aromatic carbocycles. The minimum absolute atomic E-state index is 0.00946. The van der Waals surface area contributed by atoms with Gasteiger partial charge in [-0.1, -0.05) is 87.9 Å². The minimum atomic E-state index is -0.0991. The number of aromatic nitrogens is 4. The molecule has 4 aromatic rings. The first-order valence-corrected chi connectivity index (χ1v) is 12.3. The zero-order chi connectivity index (χ0) is 25.7. The lowest BCUT2D eigenvalue weighted by Crippen LogP contribution is -2.29. The number of aromatic amines is 1. The summed E-state index contributed by atoms with van der Waals surface area (Å²) in [5.41, 5.74) is 5.46. The Labute approximate surface area is 212 Å². The summed E-state index contributed by atoms with van der Waals surface area (Å²) in [5, 5.41) is 17.6. The molecule has 1 amide bonds. The van der Waals surface area contributed by atoms with Crippen molar-refractivity contribution in [3.8, 4) is 28.3 Å². The van der Waals surface area contributed by atoms with Gasteiger partial charge in [-0.3, -0.25) is 4.79 Å². The molecule has 0 bridgehead atoms. The molecule has 0 aliphatic heterocycles. The molecule has 0 atom stereocenters. The molecule has 7 nitrogen and oxygen atoms in total. The van der Waals surface area contributed by atoms with E-state index < -0.39 is 0 Å². The molecule has 0 aliphatic carbocycles. The summed E-state index contributed by atoms with van der Waals surface area (Å²) in [5.74, 6) is 1.70. The van der Waals surface area contributed by atoms with Crippen molar-refractivity contribution in [1.82, 2.24) is 20.6 Å². The molecule has 1 aromatic heterocycles. The lowest BCUT2D eigenvalue weighted by Gasteiger charge is -2.27. The molecule has 0 fully saturated rings. The van der Waals surface area contributed by atoms with Crippen LogP contribution >= 0.6 is 0 Å². The Morgan fingerprint density at radius 2 is 1.64 bits per heavy atom. The van der Waals surface area contributed by atoms with Crippen molar-refractivity contribution in [2.45, 2.75) is 47.1 Å². The van der Waals surface area contributed by atoms with E-state index in [1.165, 1.54) is 0 Å². The Morgan fingerprint density at radius 1 is 0.944 bits per heavy atom. The van der Waals surface area contributed by atoms with Gasteiger partial charge in [0.25, 0.3) is 0 Å². The Hall–Kier alpha value is -4.00. The van der Waals surface area contributed by atoms with Gasteiger partial charge in [0, 0.05) is 5.56 Å². The zero-order valence-corrected chi connectivity index (χ0v) is 21.4. The summed E-state index contributed by atoms with van der Waals surface area (Å²) in [7, 11) is 0. The van der Waals surface area contributed by atoms with Crippen LogP contribution in [-0.2, 0) is 11.2 Å². The van der Waals surface area contributed by atoms with Gasteiger partial charge in [-0.2, -0.15) is 5.21 Å². The molecule has 0 spiro atoms. The highest BCUT2D eigenvalue weighted by molar-refractivity contribution is 5.95. The van der Waals surface area contributed by atoms with Gasteiger partial charge in [0.2, 0.25) is 11.7 Å². The molecule has 0 aliphatic rings. The zero-order valence-electron chi connectivity index (χ0n) is 21.4. The smallest absolute Gasteiger partial charge is 0.228 e. The molecular formula is C29H33N5O2. The van der Waals surface area contributed by atoms with E-state index in [4.69, 9.17) is 4.74 Å². The molecule has 186 valence electrons. The van der Waals surface area contributed by atoms with Gasteiger partial charge in [-0.25, -0.2) is 0 Å². The molecule has 0 radical (unpaired) electrons. The number of hydrogen-bond acceptors (Lipinski definition) is 5. The first-order valence-electron chi connectivity index (χ1n) is 12.3. The molecule has 36 heavy (non-hydrogen) atoms. The maximum atomic E-state index is 13.1. The van der Waals surface area contributed by atoms with Crippen LogP contribution in [0.4, 0.5) is 5.69 Å². The molecule has 1 heterocycles. The van der Waals surface area contributed by atoms with Gasteiger partial charge < -0.3 is 10.1 Å². The number of rotatable bonds is 9. The molecule has 0 saturated carbocycles. The first-order chi connectivity index (χ1) is 17.3. The molecule has 2 N–H and O–H groups in total. The summed E-state index contributed by atoms with van der Waals surface area (Å²) >= 11 is 0. The number of tetrazole rings is 1. The van der Waals surface area contributed by atoms with Crippen molar-refractivity contribution in [3.63, 3.8) is 0 Å². The first kappa shape index (κ1) is 25.1. The number of benzene rings is 3. The molecule has 4 rings (SSSR count). The number of carbonyl (C=O) groups is 1. The number of nitrogens with one attached hydrogen (secondary N) is 2. The summed E-state index contributed by atoms with van der Waals surface area (Å²) in [6, 6.07) is 21.7. The predicted octanol–water partition coefficient (Wildman–Crippen LogP) is 6.08. The lowest BCUT2D eigenvalue weighted by atomic mass is 9.96. The average Bonchev–Trinajstić information content (AvgIpc) is 3.39. The highest BCUT2D eigenvalue weighted by Gasteiger charge is 2.22. The van der Waals surface area contributed by atoms with Crippen molar-refractivity contribution in [2.24, 2.45) is 11.8 Å². The van der Waals surface area contributed by atoms with Crippen molar-refractivity contribution >= 4 is 11.6 Å². The molecule has 7 heteroatoms. The SMILES string of the molecule is Cc1ccc(CC(=O)Nc2cc(-c3ccccc3-c3nn[nH]n3)ccc2OC(C(C)C)C(C)C)cc1. The van der Waals surface area contributed by atoms with Crippen LogP contribution in [0.5, 0.6) is 5.75 Å². The van der Waals surface area contributed by atoms with Crippen molar-refractivity contribution in [2.75, 3.05) is 5.32 Å². The average molecular weight is 484 g/mol. The minimum Gasteiger partial charge on any atom is -0.488 e. The Morgan fingerprint density at radius 3 is 2.28 bits per heavy atom. The maximum absolute atomic E-state index is 13.1. The van der Waals surface area contributed by atoms with Crippen LogP contribution in [-0.4, -0.2) is 32.6 Å². The van der Waals surface area contributed by atoms with E-state index in [0.29, 0.717) is 29.1 Å². The second-order valence-electron chi connectivity index (χ2n) is 9.77. The second kappa shape index (κ2) is 11.2. The lowest BCUT2D eigenvalue weighted by molar-refractivity contribution is -0.115. The van der Waals surface area contributed by atoms with E-state index in [1.807, 2.05) is 73.7 Å². The molecule has 0 unspecified atom stereocenters. The van der Waals surface area contributed by atoms with Crippen LogP contribution in [0.3, 0.4) is 0 Å². The fraction of sp³-hybridized carbons (Fsp3) is 0.310. The molecular weight excluding hydrogens is 450 g/mol. The van der Waals surface area contributed by atoms with Gasteiger partial charge in [0.1, 0.15) is 11.9 Å². The number of hydrogen-bond donors (Lipinski definition) is 2. The van der Waals surface area contributed by atoms with Gasteiger partial charge in [-0.15, -0.1) is 10.2 Å². The summed E-state index contributed by atoms with van der Waals surface area (Å²) in [4.78, 5) is 13.1. The van der Waals surface area contributed by atoms with E-state index in [0.717, 1.165) is 27.8 Å². The van der Waals surface area contributed by atoms with Crippen LogP contribution < -0.4 is 10.1 Å². The Kier molecular flexibility index (Phi) is 7.78. The van der Waals surface area contributed by atoms with Gasteiger partial charge in [0.15, 0.2) is 0 Å². The fourth-order valence-electron chi connectivity index (χ4n) is 4.38. The maximum Gasteiger partial charge on any atom is 0.228 e. The third-order valence-corrected chi connectivity index (χ3v) is 6.14. The standard InChI is InChI=1S/C29H33N5O2/c1-18(2)28(19(3)4)36-26-15-14-22(23-8-6-7-9-24(23)29-31-33-34-32-29)17-25(26)30-27(35)16-21-12-10-20(5)11-13-21/h6-15,17-19,28H,16H2,1-5H3,(H,30,35)(H,31,32,33,34). The topological polar surface area (TPSA) is 92.8 Å². The summed E-state index contributed by atoms with van der Waals surface area (Å²) < 4.78 is 6.47. The van der Waals surface area contributed by atoms with Crippen molar-refractivity contribution < 1.29 is 9.53 Å². The van der Waals surface area contributed by atoms with Gasteiger partial charge in [-0.05, 0) is 52.8 Å². The van der Waals surface area contributed by atoms with Crippen LogP contribution in [0.15, 0.2) is 66.7 Å².